The first-order valence-electron chi connectivity index (χ1n) is 8.53. The number of nitrogens with zero attached hydrogens (tertiary/aromatic N) is 5. The monoisotopic (exact) mass is 370 g/mol. The molecular formula is C18H19ClN6O. The lowest BCUT2D eigenvalue weighted by atomic mass is 10.0. The van der Waals surface area contributed by atoms with Crippen molar-refractivity contribution in [3.05, 3.63) is 68.4 Å². The summed E-state index contributed by atoms with van der Waals surface area (Å²) in [6.45, 7) is 5.53. The molecular weight excluding hydrogens is 352 g/mol. The topological polar surface area (TPSA) is 79.7 Å². The number of fused-ring (bicyclic) bond motifs is 1. The minimum atomic E-state index is -0.383. The smallest absolute Gasteiger partial charge is 0.285 e. The zero-order chi connectivity index (χ0) is 18.3. The van der Waals surface area contributed by atoms with E-state index in [0.717, 1.165) is 24.4 Å². The molecule has 0 bridgehead atoms. The average molecular weight is 371 g/mol. The minimum Gasteiger partial charge on any atom is -0.362 e. The number of aryl methyl sites for hydroxylation is 1. The Bertz CT molecular complexity index is 1010. The molecule has 0 radical (unpaired) electrons. The fourth-order valence-corrected chi connectivity index (χ4v) is 3.74. The van der Waals surface area contributed by atoms with Crippen LogP contribution >= 0.6 is 11.6 Å². The SMILES string of the molecule is Cc1ccccc1[C@@H](C)n1nnc2c1CCN(c1cn[nH]c(=O)c1Cl)C2. The van der Waals surface area contributed by atoms with Crippen LogP contribution in [0.4, 0.5) is 5.69 Å². The Kier molecular flexibility index (Phi) is 4.24. The zero-order valence-electron chi connectivity index (χ0n) is 14.6. The maximum atomic E-state index is 11.7. The van der Waals surface area contributed by atoms with Gasteiger partial charge in [0.2, 0.25) is 0 Å². The maximum Gasteiger partial charge on any atom is 0.285 e. The molecule has 8 heteroatoms. The standard InChI is InChI=1S/C18H19ClN6O/c1-11-5-3-4-6-13(11)12(2)25-15-7-8-24(10-14(15)21-23-25)16-9-20-22-18(26)17(16)19/h3-6,9,12H,7-8,10H2,1-2H3,(H,22,26)/t12-/m1/s1. The van der Waals surface area contributed by atoms with Gasteiger partial charge in [-0.1, -0.05) is 41.1 Å². The van der Waals surface area contributed by atoms with Crippen LogP contribution in [0.1, 0.15) is 35.5 Å². The van der Waals surface area contributed by atoms with Crippen LogP contribution in [0.25, 0.3) is 0 Å². The fourth-order valence-electron chi connectivity index (χ4n) is 3.53. The highest BCUT2D eigenvalue weighted by Crippen LogP contribution is 2.29. The van der Waals surface area contributed by atoms with Gasteiger partial charge in [0.1, 0.15) is 10.7 Å². The second-order valence-electron chi connectivity index (χ2n) is 6.53. The van der Waals surface area contributed by atoms with Gasteiger partial charge < -0.3 is 4.90 Å². The lowest BCUT2D eigenvalue weighted by Gasteiger charge is -2.29. The summed E-state index contributed by atoms with van der Waals surface area (Å²) >= 11 is 6.14. The van der Waals surface area contributed by atoms with Crippen LogP contribution in [-0.4, -0.2) is 31.7 Å². The van der Waals surface area contributed by atoms with E-state index in [1.54, 1.807) is 6.20 Å². The molecule has 7 nitrogen and oxygen atoms in total. The van der Waals surface area contributed by atoms with E-state index in [2.05, 4.69) is 46.5 Å². The van der Waals surface area contributed by atoms with Crippen molar-refractivity contribution in [2.75, 3.05) is 11.4 Å². The molecule has 0 unspecified atom stereocenters. The second kappa shape index (κ2) is 6.57. The number of H-pyrrole nitrogens is 1. The number of aromatic nitrogens is 5. The van der Waals surface area contributed by atoms with Gasteiger partial charge >= 0.3 is 0 Å². The fraction of sp³-hybridized carbons (Fsp3) is 0.333. The molecule has 134 valence electrons. The van der Waals surface area contributed by atoms with Gasteiger partial charge in [0.15, 0.2) is 0 Å². The summed E-state index contributed by atoms with van der Waals surface area (Å²) in [6, 6.07) is 8.44. The molecule has 0 aliphatic carbocycles. The summed E-state index contributed by atoms with van der Waals surface area (Å²) in [5.74, 6) is 0. The summed E-state index contributed by atoms with van der Waals surface area (Å²) in [5.41, 5.74) is 4.76. The van der Waals surface area contributed by atoms with Crippen molar-refractivity contribution < 1.29 is 0 Å². The van der Waals surface area contributed by atoms with Gasteiger partial charge in [-0.05, 0) is 25.0 Å². The predicted molar refractivity (Wildman–Crippen MR) is 99.6 cm³/mol. The summed E-state index contributed by atoms with van der Waals surface area (Å²) < 4.78 is 2.01. The second-order valence-corrected chi connectivity index (χ2v) is 6.91. The summed E-state index contributed by atoms with van der Waals surface area (Å²) in [7, 11) is 0. The van der Waals surface area contributed by atoms with Crippen LogP contribution in [0.2, 0.25) is 5.02 Å². The predicted octanol–water partition coefficient (Wildman–Crippen LogP) is 2.50. The Morgan fingerprint density at radius 3 is 2.92 bits per heavy atom. The normalized spacial score (nSPS) is 15.0. The number of hydrogen-bond donors (Lipinski definition) is 1. The van der Waals surface area contributed by atoms with Crippen molar-refractivity contribution in [1.29, 1.82) is 0 Å². The van der Waals surface area contributed by atoms with Gasteiger partial charge in [0, 0.05) is 13.0 Å². The van der Waals surface area contributed by atoms with E-state index in [9.17, 15) is 4.79 Å². The van der Waals surface area contributed by atoms with Crippen LogP contribution in [0.15, 0.2) is 35.3 Å². The Morgan fingerprint density at radius 1 is 1.31 bits per heavy atom. The van der Waals surface area contributed by atoms with Crippen molar-refractivity contribution in [2.24, 2.45) is 0 Å². The zero-order valence-corrected chi connectivity index (χ0v) is 15.4. The number of anilines is 1. The van der Waals surface area contributed by atoms with Gasteiger partial charge in [0.25, 0.3) is 5.56 Å². The molecule has 0 amide bonds. The number of halogens is 1. The summed E-state index contributed by atoms with van der Waals surface area (Å²) in [5, 5.41) is 15.1. The molecule has 0 saturated carbocycles. The van der Waals surface area contributed by atoms with E-state index >= 15 is 0 Å². The molecule has 1 aliphatic heterocycles. The van der Waals surface area contributed by atoms with Crippen LogP contribution in [0, 0.1) is 6.92 Å². The van der Waals surface area contributed by atoms with E-state index in [1.807, 2.05) is 21.7 Å². The van der Waals surface area contributed by atoms with Gasteiger partial charge in [-0.2, -0.15) is 5.10 Å². The van der Waals surface area contributed by atoms with E-state index in [4.69, 9.17) is 11.6 Å². The molecule has 0 fully saturated rings. The number of hydrogen-bond acceptors (Lipinski definition) is 5. The number of rotatable bonds is 3. The maximum absolute atomic E-state index is 11.7. The van der Waals surface area contributed by atoms with Gasteiger partial charge in [-0.15, -0.1) is 5.10 Å². The van der Waals surface area contributed by atoms with Gasteiger partial charge in [-0.25, -0.2) is 9.78 Å². The highest BCUT2D eigenvalue weighted by Gasteiger charge is 2.26. The molecule has 1 aliphatic rings. The van der Waals surface area contributed by atoms with Crippen molar-refractivity contribution >= 4 is 17.3 Å². The largest absolute Gasteiger partial charge is 0.362 e. The van der Waals surface area contributed by atoms with E-state index in [0.29, 0.717) is 12.2 Å². The molecule has 2 aromatic heterocycles. The van der Waals surface area contributed by atoms with Crippen molar-refractivity contribution in [2.45, 2.75) is 32.9 Å². The lowest BCUT2D eigenvalue weighted by molar-refractivity contribution is 0.515. The number of aromatic amines is 1. The third-order valence-electron chi connectivity index (χ3n) is 4.95. The van der Waals surface area contributed by atoms with Gasteiger partial charge in [0.05, 0.1) is 30.2 Å². The number of benzene rings is 1. The highest BCUT2D eigenvalue weighted by atomic mass is 35.5. The first-order chi connectivity index (χ1) is 12.6. The van der Waals surface area contributed by atoms with Crippen molar-refractivity contribution in [3.8, 4) is 0 Å². The third-order valence-corrected chi connectivity index (χ3v) is 5.32. The minimum absolute atomic E-state index is 0.115. The molecule has 3 aromatic rings. The quantitative estimate of drug-likeness (QED) is 0.766. The summed E-state index contributed by atoms with van der Waals surface area (Å²) in [4.78, 5) is 13.7. The van der Waals surface area contributed by atoms with E-state index in [-0.39, 0.29) is 16.6 Å². The summed E-state index contributed by atoms with van der Waals surface area (Å²) in [6.07, 6.45) is 2.36. The molecule has 3 heterocycles. The van der Waals surface area contributed by atoms with E-state index in [1.165, 1.54) is 11.1 Å². The Labute approximate surface area is 155 Å². The lowest BCUT2D eigenvalue weighted by Crippen LogP contribution is -2.33. The molecule has 26 heavy (non-hydrogen) atoms. The molecule has 1 aromatic carbocycles. The van der Waals surface area contributed by atoms with Crippen LogP contribution in [0.5, 0.6) is 0 Å². The molecule has 1 N–H and O–H groups in total. The average Bonchev–Trinajstić information content (AvgIpc) is 3.07. The first-order valence-corrected chi connectivity index (χ1v) is 8.90. The molecule has 1 atom stereocenters. The first kappa shape index (κ1) is 16.8. The highest BCUT2D eigenvalue weighted by molar-refractivity contribution is 6.32. The molecule has 0 saturated heterocycles. The van der Waals surface area contributed by atoms with Crippen molar-refractivity contribution in [3.63, 3.8) is 0 Å². The van der Waals surface area contributed by atoms with E-state index < -0.39 is 0 Å². The Balaban J connectivity index is 1.64. The Morgan fingerprint density at radius 2 is 2.12 bits per heavy atom. The van der Waals surface area contributed by atoms with Crippen LogP contribution in [-0.2, 0) is 13.0 Å². The third kappa shape index (κ3) is 2.78. The molecule has 0 spiro atoms. The van der Waals surface area contributed by atoms with Crippen LogP contribution in [0.3, 0.4) is 0 Å². The Hall–Kier alpha value is -2.67. The van der Waals surface area contributed by atoms with Gasteiger partial charge in [-0.3, -0.25) is 4.79 Å². The number of nitrogens with one attached hydrogen (secondary N) is 1. The van der Waals surface area contributed by atoms with Crippen molar-refractivity contribution in [1.82, 2.24) is 25.2 Å². The van der Waals surface area contributed by atoms with Crippen LogP contribution < -0.4 is 10.5 Å². The molecule has 4 rings (SSSR count).